The summed E-state index contributed by atoms with van der Waals surface area (Å²) in [7, 11) is 0. The number of rotatable bonds is 5. The van der Waals surface area contributed by atoms with Gasteiger partial charge in [0.15, 0.2) is 0 Å². The van der Waals surface area contributed by atoms with E-state index in [1.165, 1.54) is 11.1 Å². The number of amides is 1. The maximum Gasteiger partial charge on any atom is 0.241 e. The van der Waals surface area contributed by atoms with Crippen LogP contribution in [0, 0.1) is 12.8 Å². The third-order valence-electron chi connectivity index (χ3n) is 3.06. The number of benzene rings is 1. The maximum atomic E-state index is 11.9. The summed E-state index contributed by atoms with van der Waals surface area (Å²) < 4.78 is 0. The molecule has 0 bridgehead atoms. The molecule has 0 saturated carbocycles. The Bertz CT molecular complexity index is 413. The van der Waals surface area contributed by atoms with Crippen molar-refractivity contribution in [2.75, 3.05) is 5.32 Å². The topological polar surface area (TPSA) is 55.1 Å². The molecule has 0 radical (unpaired) electrons. The second-order valence-electron chi connectivity index (χ2n) is 5.22. The van der Waals surface area contributed by atoms with E-state index in [9.17, 15) is 4.79 Å². The zero-order chi connectivity index (χ0) is 13.7. The maximum absolute atomic E-state index is 11.9. The molecule has 0 aliphatic rings. The molecule has 0 fully saturated rings. The molecular formula is C15H24N2O. The largest absolute Gasteiger partial charge is 0.325 e. The summed E-state index contributed by atoms with van der Waals surface area (Å²) in [6.45, 7) is 8.32. The van der Waals surface area contributed by atoms with Crippen LogP contribution in [-0.4, -0.2) is 11.9 Å². The summed E-state index contributed by atoms with van der Waals surface area (Å²) in [5, 5.41) is 2.89. The van der Waals surface area contributed by atoms with Gasteiger partial charge in [0.05, 0.1) is 6.04 Å². The lowest BCUT2D eigenvalue weighted by Gasteiger charge is -2.15. The minimum Gasteiger partial charge on any atom is -0.325 e. The van der Waals surface area contributed by atoms with Crippen molar-refractivity contribution in [2.24, 2.45) is 11.7 Å². The van der Waals surface area contributed by atoms with Gasteiger partial charge in [0, 0.05) is 5.69 Å². The van der Waals surface area contributed by atoms with E-state index < -0.39 is 6.04 Å². The lowest BCUT2D eigenvalue weighted by Crippen LogP contribution is -2.36. The fraction of sp³-hybridized carbons (Fsp3) is 0.533. The Kier molecular flexibility index (Phi) is 5.35. The third-order valence-corrected chi connectivity index (χ3v) is 3.06. The van der Waals surface area contributed by atoms with Crippen LogP contribution in [0.4, 0.5) is 5.69 Å². The van der Waals surface area contributed by atoms with E-state index >= 15 is 0 Å². The van der Waals surface area contributed by atoms with Gasteiger partial charge in [0.1, 0.15) is 0 Å². The van der Waals surface area contributed by atoms with E-state index in [1.807, 2.05) is 18.2 Å². The molecule has 0 saturated heterocycles. The van der Waals surface area contributed by atoms with Crippen molar-refractivity contribution in [3.63, 3.8) is 0 Å². The highest BCUT2D eigenvalue weighted by atomic mass is 16.2. The normalized spacial score (nSPS) is 12.6. The van der Waals surface area contributed by atoms with Gasteiger partial charge in [-0.15, -0.1) is 0 Å². The Morgan fingerprint density at radius 2 is 2.06 bits per heavy atom. The number of anilines is 1. The van der Waals surface area contributed by atoms with Crippen LogP contribution in [0.15, 0.2) is 18.2 Å². The molecule has 3 heteroatoms. The minimum absolute atomic E-state index is 0.102. The lowest BCUT2D eigenvalue weighted by molar-refractivity contribution is -0.117. The van der Waals surface area contributed by atoms with E-state index in [1.54, 1.807) is 0 Å². The second kappa shape index (κ2) is 6.55. The van der Waals surface area contributed by atoms with Gasteiger partial charge < -0.3 is 11.1 Å². The van der Waals surface area contributed by atoms with Crippen LogP contribution in [0.1, 0.15) is 38.3 Å². The molecule has 1 rings (SSSR count). The van der Waals surface area contributed by atoms with Gasteiger partial charge in [0.2, 0.25) is 5.91 Å². The molecule has 0 heterocycles. The van der Waals surface area contributed by atoms with E-state index in [0.717, 1.165) is 12.1 Å². The molecule has 1 aromatic carbocycles. The molecule has 3 nitrogen and oxygen atoms in total. The molecule has 1 amide bonds. The van der Waals surface area contributed by atoms with E-state index in [4.69, 9.17) is 5.73 Å². The van der Waals surface area contributed by atoms with Crippen LogP contribution in [-0.2, 0) is 11.2 Å². The van der Waals surface area contributed by atoms with E-state index in [2.05, 4.69) is 33.0 Å². The number of nitrogens with one attached hydrogen (secondary N) is 1. The van der Waals surface area contributed by atoms with Gasteiger partial charge in [0.25, 0.3) is 0 Å². The average molecular weight is 248 g/mol. The summed E-state index contributed by atoms with van der Waals surface area (Å²) in [6, 6.07) is 5.54. The number of nitrogens with two attached hydrogens (primary N) is 1. The summed E-state index contributed by atoms with van der Waals surface area (Å²) in [5.41, 5.74) is 9.20. The lowest BCUT2D eigenvalue weighted by atomic mass is 10.0. The highest BCUT2D eigenvalue weighted by Crippen LogP contribution is 2.16. The fourth-order valence-electron chi connectivity index (χ4n) is 1.98. The zero-order valence-corrected chi connectivity index (χ0v) is 11.8. The van der Waals surface area contributed by atoms with Gasteiger partial charge >= 0.3 is 0 Å². The van der Waals surface area contributed by atoms with Crippen molar-refractivity contribution in [3.05, 3.63) is 29.3 Å². The molecule has 0 aliphatic heterocycles. The third kappa shape index (κ3) is 4.15. The molecule has 3 N–H and O–H groups in total. The van der Waals surface area contributed by atoms with Crippen LogP contribution in [0.5, 0.6) is 0 Å². The molecular weight excluding hydrogens is 224 g/mol. The molecule has 0 spiro atoms. The van der Waals surface area contributed by atoms with Crippen LogP contribution in [0.25, 0.3) is 0 Å². The summed E-state index contributed by atoms with van der Waals surface area (Å²) in [6.07, 6.45) is 1.67. The van der Waals surface area contributed by atoms with E-state index in [-0.39, 0.29) is 5.91 Å². The highest BCUT2D eigenvalue weighted by Gasteiger charge is 2.15. The number of aryl methyl sites for hydroxylation is 2. The van der Waals surface area contributed by atoms with Gasteiger partial charge in [-0.25, -0.2) is 0 Å². The summed E-state index contributed by atoms with van der Waals surface area (Å²) in [5.74, 6) is 0.324. The SMILES string of the molecule is CCc1cc(NC(=O)C(N)CC(C)C)ccc1C. The highest BCUT2D eigenvalue weighted by molar-refractivity contribution is 5.94. The van der Waals surface area contributed by atoms with Gasteiger partial charge in [-0.2, -0.15) is 0 Å². The summed E-state index contributed by atoms with van der Waals surface area (Å²) in [4.78, 5) is 11.9. The van der Waals surface area contributed by atoms with Crippen LogP contribution in [0.3, 0.4) is 0 Å². The molecule has 0 aliphatic carbocycles. The van der Waals surface area contributed by atoms with Crippen molar-refractivity contribution < 1.29 is 4.79 Å². The number of carbonyl (C=O) groups excluding carboxylic acids is 1. The van der Waals surface area contributed by atoms with E-state index in [0.29, 0.717) is 12.3 Å². The fourth-order valence-corrected chi connectivity index (χ4v) is 1.98. The van der Waals surface area contributed by atoms with Gasteiger partial charge in [-0.1, -0.05) is 26.8 Å². The quantitative estimate of drug-likeness (QED) is 0.842. The molecule has 1 atom stereocenters. The second-order valence-corrected chi connectivity index (χ2v) is 5.22. The predicted octanol–water partition coefficient (Wildman–Crippen LogP) is 2.87. The van der Waals surface area contributed by atoms with Crippen molar-refractivity contribution in [2.45, 2.75) is 46.6 Å². The zero-order valence-electron chi connectivity index (χ0n) is 11.8. The first-order valence-corrected chi connectivity index (χ1v) is 6.60. The number of hydrogen-bond donors (Lipinski definition) is 2. The van der Waals surface area contributed by atoms with Crippen molar-refractivity contribution in [1.82, 2.24) is 0 Å². The Balaban J connectivity index is 2.70. The number of hydrogen-bond acceptors (Lipinski definition) is 2. The molecule has 0 aromatic heterocycles. The average Bonchev–Trinajstić information content (AvgIpc) is 2.30. The van der Waals surface area contributed by atoms with Crippen molar-refractivity contribution in [3.8, 4) is 0 Å². The smallest absolute Gasteiger partial charge is 0.241 e. The molecule has 1 aromatic rings. The van der Waals surface area contributed by atoms with Crippen molar-refractivity contribution >= 4 is 11.6 Å². The van der Waals surface area contributed by atoms with Gasteiger partial charge in [-0.3, -0.25) is 4.79 Å². The Labute approximate surface area is 110 Å². The first-order valence-electron chi connectivity index (χ1n) is 6.60. The molecule has 100 valence electrons. The minimum atomic E-state index is -0.434. The Morgan fingerprint density at radius 3 is 2.61 bits per heavy atom. The standard InChI is InChI=1S/C15H24N2O/c1-5-12-9-13(7-6-11(12)4)17-15(18)14(16)8-10(2)3/h6-7,9-10,14H,5,8,16H2,1-4H3,(H,17,18). The molecule has 18 heavy (non-hydrogen) atoms. The number of carbonyl (C=O) groups is 1. The van der Waals surface area contributed by atoms with Gasteiger partial charge in [-0.05, 0) is 48.9 Å². The first-order chi connectivity index (χ1) is 8.43. The predicted molar refractivity (Wildman–Crippen MR) is 76.6 cm³/mol. The van der Waals surface area contributed by atoms with Crippen LogP contribution >= 0.6 is 0 Å². The van der Waals surface area contributed by atoms with Crippen molar-refractivity contribution in [1.29, 1.82) is 0 Å². The Morgan fingerprint density at radius 1 is 1.39 bits per heavy atom. The summed E-state index contributed by atoms with van der Waals surface area (Å²) >= 11 is 0. The Hall–Kier alpha value is -1.35. The first kappa shape index (κ1) is 14.7. The monoisotopic (exact) mass is 248 g/mol. The molecule has 1 unspecified atom stereocenters. The van der Waals surface area contributed by atoms with Crippen LogP contribution < -0.4 is 11.1 Å². The van der Waals surface area contributed by atoms with Crippen LogP contribution in [0.2, 0.25) is 0 Å².